The molecule has 1 heterocycles. The Bertz CT molecular complexity index is 1430. The monoisotopic (exact) mass is 746 g/mol. The predicted molar refractivity (Wildman–Crippen MR) is 230 cm³/mol. The highest BCUT2D eigenvalue weighted by Gasteiger charge is 2.32. The summed E-state index contributed by atoms with van der Waals surface area (Å²) in [4.78, 5) is 2.62. The summed E-state index contributed by atoms with van der Waals surface area (Å²) in [6.07, 6.45) is 19.6. The van der Waals surface area contributed by atoms with Crippen LogP contribution in [0.25, 0.3) is 0 Å². The van der Waals surface area contributed by atoms with E-state index in [1.54, 1.807) is 19.2 Å². The lowest BCUT2D eigenvalue weighted by molar-refractivity contribution is 0.0172. The van der Waals surface area contributed by atoms with Gasteiger partial charge in [-0.3, -0.25) is 4.90 Å². The first-order valence-corrected chi connectivity index (χ1v) is 20.5. The van der Waals surface area contributed by atoms with Gasteiger partial charge >= 0.3 is 0 Å². The zero-order chi connectivity index (χ0) is 39.5. The van der Waals surface area contributed by atoms with Crippen molar-refractivity contribution in [3.8, 4) is 6.07 Å². The van der Waals surface area contributed by atoms with Gasteiger partial charge in [0.15, 0.2) is 0 Å². The Balaban J connectivity index is 0.000000408. The molecule has 1 saturated heterocycles. The van der Waals surface area contributed by atoms with Crippen molar-refractivity contribution in [2.24, 2.45) is 11.3 Å². The number of hydrogen-bond acceptors (Lipinski definition) is 4. The molecule has 0 spiro atoms. The maximum Gasteiger partial charge on any atom is 0.271 e. The van der Waals surface area contributed by atoms with Crippen LogP contribution in [0.15, 0.2) is 85.5 Å². The van der Waals surface area contributed by atoms with Crippen molar-refractivity contribution in [3.05, 3.63) is 113 Å². The third kappa shape index (κ3) is 18.5. The number of nitriles is 1. The number of alkyl halides is 2. The van der Waals surface area contributed by atoms with E-state index in [-0.39, 0.29) is 16.5 Å². The van der Waals surface area contributed by atoms with E-state index in [1.807, 2.05) is 0 Å². The normalized spacial score (nSPS) is 15.5. The first-order chi connectivity index (χ1) is 25.5. The molecule has 1 unspecified atom stereocenters. The van der Waals surface area contributed by atoms with Crippen molar-refractivity contribution in [1.82, 2.24) is 4.90 Å². The molecule has 0 amide bonds. The molecule has 292 valence electrons. The van der Waals surface area contributed by atoms with Crippen LogP contribution in [0.5, 0.6) is 0 Å². The molecule has 3 nitrogen and oxygen atoms in total. The quantitative estimate of drug-likeness (QED) is 0.157. The molecule has 0 bridgehead atoms. The summed E-state index contributed by atoms with van der Waals surface area (Å²) >= 11 is 3.83. The molecule has 0 aromatic heterocycles. The zero-order valence-corrected chi connectivity index (χ0v) is 34.7. The molecule has 3 aromatic carbocycles. The number of rotatable bonds is 11. The summed E-state index contributed by atoms with van der Waals surface area (Å²) in [5.41, 5.74) is 5.02. The van der Waals surface area contributed by atoms with Crippen LogP contribution < -0.4 is 5.32 Å². The number of nitrogens with one attached hydrogen (secondary N) is 1. The van der Waals surface area contributed by atoms with Gasteiger partial charge in [0.1, 0.15) is 0 Å². The number of aryl methyl sites for hydroxylation is 1. The molecule has 2 aliphatic rings. The molecule has 1 N–H and O–H groups in total. The number of likely N-dealkylation sites (tertiary alicyclic amines) is 1. The summed E-state index contributed by atoms with van der Waals surface area (Å²) in [7, 11) is 1.64. The van der Waals surface area contributed by atoms with Gasteiger partial charge in [0.05, 0.1) is 11.6 Å². The summed E-state index contributed by atoms with van der Waals surface area (Å²) in [5.74, 6) is 0.660. The maximum atomic E-state index is 13.0. The van der Waals surface area contributed by atoms with Crippen LogP contribution in [0.2, 0.25) is 0 Å². The predicted octanol–water partition coefficient (Wildman–Crippen LogP) is 13.8. The molecule has 53 heavy (non-hydrogen) atoms. The average Bonchev–Trinajstić information content (AvgIpc) is 3.20. The van der Waals surface area contributed by atoms with E-state index in [9.17, 15) is 8.78 Å². The zero-order valence-electron chi connectivity index (χ0n) is 33.9. The summed E-state index contributed by atoms with van der Waals surface area (Å²) < 4.78 is 26.1. The molecule has 0 radical (unpaired) electrons. The van der Waals surface area contributed by atoms with Gasteiger partial charge in [-0.05, 0) is 104 Å². The Morgan fingerprint density at radius 1 is 0.811 bits per heavy atom. The number of thiocarbonyl (C=S) groups is 1. The van der Waals surface area contributed by atoms with E-state index in [0.717, 1.165) is 25.8 Å². The van der Waals surface area contributed by atoms with Gasteiger partial charge in [0.2, 0.25) is 0 Å². The molecular formula is C47H69F2N3S. The number of benzene rings is 3. The van der Waals surface area contributed by atoms with E-state index in [1.165, 1.54) is 119 Å². The van der Waals surface area contributed by atoms with Gasteiger partial charge in [-0.15, -0.1) is 6.58 Å². The van der Waals surface area contributed by atoms with Crippen LogP contribution >= 0.6 is 12.2 Å². The van der Waals surface area contributed by atoms with Crippen molar-refractivity contribution in [2.75, 3.05) is 25.5 Å². The molecular weight excluding hydrogens is 677 g/mol. The maximum absolute atomic E-state index is 13.0. The van der Waals surface area contributed by atoms with Crippen molar-refractivity contribution < 1.29 is 8.78 Å². The number of hydrogen-bond donors (Lipinski definition) is 1. The Hall–Kier alpha value is -3.40. The van der Waals surface area contributed by atoms with Crippen LogP contribution in [-0.2, 0) is 25.3 Å². The smallest absolute Gasteiger partial charge is 0.271 e. The summed E-state index contributed by atoms with van der Waals surface area (Å²) in [6.45, 7) is 17.7. The number of nitrogens with zero attached hydrogens (tertiary/aromatic N) is 2. The van der Waals surface area contributed by atoms with Crippen LogP contribution in [0.3, 0.4) is 0 Å². The second kappa shape index (κ2) is 27.2. The van der Waals surface area contributed by atoms with Gasteiger partial charge in [0.25, 0.3) is 5.92 Å². The Kier molecular flexibility index (Phi) is 24.5. The summed E-state index contributed by atoms with van der Waals surface area (Å²) in [6, 6.07) is 25.9. The number of halogens is 2. The fraction of sp³-hybridized carbons (Fsp3) is 0.532. The Morgan fingerprint density at radius 2 is 1.40 bits per heavy atom. The average molecular weight is 746 g/mol. The van der Waals surface area contributed by atoms with E-state index in [2.05, 4.69) is 123 Å². The Labute approximate surface area is 328 Å². The minimum atomic E-state index is -2.99. The Morgan fingerprint density at radius 3 is 1.92 bits per heavy atom. The molecule has 2 fully saturated rings. The van der Waals surface area contributed by atoms with Gasteiger partial charge < -0.3 is 5.32 Å². The highest BCUT2D eigenvalue weighted by molar-refractivity contribution is 7.77. The van der Waals surface area contributed by atoms with Gasteiger partial charge in [-0.25, -0.2) is 8.78 Å². The first kappa shape index (κ1) is 47.6. The lowest BCUT2D eigenvalue weighted by Gasteiger charge is -2.38. The largest absolute Gasteiger partial charge is 0.388 e. The van der Waals surface area contributed by atoms with Crippen molar-refractivity contribution in [3.63, 3.8) is 0 Å². The third-order valence-corrected chi connectivity index (χ3v) is 10.2. The lowest BCUT2D eigenvalue weighted by Crippen LogP contribution is -2.30. The van der Waals surface area contributed by atoms with Crippen molar-refractivity contribution >= 4 is 23.8 Å². The number of unbranched alkanes of at least 4 members (excludes halogenated alkanes) is 1. The fourth-order valence-electron chi connectivity index (χ4n) is 6.89. The molecule has 1 aliphatic heterocycles. The SMILES string of the molecule is C=CC(C)(Cc1cccc(CN2CCCCC2)c1)C1CCCCC1.C=S.CCCC.CCCc1ccccc1.CNc1ccc(C#N)c(C(C)(F)F)c1. The molecule has 1 saturated carbocycles. The fourth-order valence-corrected chi connectivity index (χ4v) is 6.89. The summed E-state index contributed by atoms with van der Waals surface area (Å²) in [5, 5.41) is 11.4. The van der Waals surface area contributed by atoms with Crippen LogP contribution in [-0.4, -0.2) is 30.9 Å². The number of allylic oxidation sites excluding steroid dienone is 1. The van der Waals surface area contributed by atoms with Crippen LogP contribution in [0, 0.1) is 22.7 Å². The lowest BCUT2D eigenvalue weighted by atomic mass is 9.67. The standard InChI is InChI=1S/C23H35N.C10H10F2N2.C9H12.C4H10.CH2S/c1-3-23(2,22-13-6-4-7-14-22)18-20-11-10-12-21(17-20)19-24-15-8-5-9-16-24;1-10(11,12)9-5-8(14-2)4-3-7(9)6-13;1-2-6-9-7-4-3-5-8-9;1-3-4-2;1-2/h3,10-12,17,22H,1,4-9,13-16,18-19H2,2H3;3-5,14H,1-2H3;3-5,7-8H,2,6H2,1H3;3-4H2,1-2H3;1H2. The molecule has 5 rings (SSSR count). The first-order valence-electron chi connectivity index (χ1n) is 19.9. The molecule has 1 aliphatic carbocycles. The van der Waals surface area contributed by atoms with E-state index in [0.29, 0.717) is 5.69 Å². The highest BCUT2D eigenvalue weighted by Crippen LogP contribution is 2.42. The van der Waals surface area contributed by atoms with Crippen LogP contribution in [0.4, 0.5) is 14.5 Å². The topological polar surface area (TPSA) is 39.1 Å². The molecule has 3 aromatic rings. The van der Waals surface area contributed by atoms with E-state index >= 15 is 0 Å². The van der Waals surface area contributed by atoms with Gasteiger partial charge in [-0.1, -0.05) is 146 Å². The molecule has 1 atom stereocenters. The minimum Gasteiger partial charge on any atom is -0.388 e. The third-order valence-electron chi connectivity index (χ3n) is 10.2. The van der Waals surface area contributed by atoms with Gasteiger partial charge in [-0.2, -0.15) is 5.26 Å². The highest BCUT2D eigenvalue weighted by atomic mass is 32.1. The minimum absolute atomic E-state index is 0.0106. The second-order valence-corrected chi connectivity index (χ2v) is 14.6. The second-order valence-electron chi connectivity index (χ2n) is 14.6. The van der Waals surface area contributed by atoms with Gasteiger partial charge in [0, 0.05) is 31.8 Å². The van der Waals surface area contributed by atoms with Crippen molar-refractivity contribution in [1.29, 1.82) is 5.26 Å². The molecule has 6 heteroatoms. The number of piperidine rings is 1. The van der Waals surface area contributed by atoms with Crippen LogP contribution in [0.1, 0.15) is 133 Å². The van der Waals surface area contributed by atoms with E-state index in [4.69, 9.17) is 5.26 Å². The van der Waals surface area contributed by atoms with Crippen molar-refractivity contribution in [2.45, 2.75) is 131 Å². The van der Waals surface area contributed by atoms with E-state index < -0.39 is 5.92 Å². The number of anilines is 1.